The molecule has 27 heavy (non-hydrogen) atoms. The first-order valence-electron chi connectivity index (χ1n) is 9.25. The number of urea groups is 1. The summed E-state index contributed by atoms with van der Waals surface area (Å²) in [6.45, 7) is 3.27. The number of hydrogen-bond donors (Lipinski definition) is 2. The van der Waals surface area contributed by atoms with Gasteiger partial charge in [0.15, 0.2) is 0 Å². The van der Waals surface area contributed by atoms with Gasteiger partial charge in [-0.25, -0.2) is 4.79 Å². The van der Waals surface area contributed by atoms with Crippen LogP contribution in [0.3, 0.4) is 0 Å². The summed E-state index contributed by atoms with van der Waals surface area (Å²) >= 11 is 0. The first-order valence-corrected chi connectivity index (χ1v) is 9.25. The van der Waals surface area contributed by atoms with Gasteiger partial charge in [0.2, 0.25) is 5.91 Å². The smallest absolute Gasteiger partial charge is 0.322 e. The molecule has 0 aromatic heterocycles. The maximum atomic E-state index is 12.9. The van der Waals surface area contributed by atoms with E-state index in [0.29, 0.717) is 18.8 Å². The monoisotopic (exact) mass is 367 g/mol. The van der Waals surface area contributed by atoms with Crippen LogP contribution in [-0.2, 0) is 11.2 Å². The second-order valence-corrected chi connectivity index (χ2v) is 6.58. The highest BCUT2D eigenvalue weighted by atomic mass is 16.5. The molecule has 1 heterocycles. The van der Waals surface area contributed by atoms with Gasteiger partial charge in [0.05, 0.1) is 19.1 Å². The molecule has 3 N–H and O–H groups in total. The molecular weight excluding hydrogens is 342 g/mol. The fourth-order valence-corrected chi connectivity index (χ4v) is 3.48. The van der Waals surface area contributed by atoms with E-state index in [1.165, 1.54) is 0 Å². The normalized spacial score (nSPS) is 16.2. The molecule has 3 rings (SSSR count). The second-order valence-electron chi connectivity index (χ2n) is 6.58. The third kappa shape index (κ3) is 4.58. The first kappa shape index (κ1) is 18.8. The Balaban J connectivity index is 1.73. The van der Waals surface area contributed by atoms with Gasteiger partial charge < -0.3 is 20.7 Å². The van der Waals surface area contributed by atoms with Gasteiger partial charge >= 0.3 is 6.03 Å². The van der Waals surface area contributed by atoms with Gasteiger partial charge in [0, 0.05) is 12.2 Å². The lowest BCUT2D eigenvalue weighted by molar-refractivity contribution is -0.117. The number of likely N-dealkylation sites (tertiary alicyclic amines) is 1. The lowest BCUT2D eigenvalue weighted by Crippen LogP contribution is -2.34. The van der Waals surface area contributed by atoms with Crippen molar-refractivity contribution in [3.8, 4) is 5.75 Å². The van der Waals surface area contributed by atoms with Crippen LogP contribution in [0.1, 0.15) is 36.9 Å². The molecule has 0 radical (unpaired) electrons. The average molecular weight is 367 g/mol. The van der Waals surface area contributed by atoms with Gasteiger partial charge in [0.25, 0.3) is 0 Å². The minimum atomic E-state index is -0.426. The van der Waals surface area contributed by atoms with E-state index in [9.17, 15) is 9.59 Å². The van der Waals surface area contributed by atoms with Crippen molar-refractivity contribution in [3.05, 3.63) is 59.7 Å². The van der Waals surface area contributed by atoms with E-state index in [1.807, 2.05) is 48.2 Å². The molecule has 142 valence electrons. The van der Waals surface area contributed by atoms with Crippen LogP contribution in [0.25, 0.3) is 0 Å². The van der Waals surface area contributed by atoms with Gasteiger partial charge in [-0.05, 0) is 49.1 Å². The van der Waals surface area contributed by atoms with Gasteiger partial charge in [-0.2, -0.15) is 0 Å². The summed E-state index contributed by atoms with van der Waals surface area (Å²) in [5, 5.41) is 2.94. The maximum absolute atomic E-state index is 12.9. The number of carbonyl (C=O) groups excluding carboxylic acids is 2. The summed E-state index contributed by atoms with van der Waals surface area (Å²) in [5.41, 5.74) is 7.74. The van der Waals surface area contributed by atoms with Crippen molar-refractivity contribution in [1.29, 1.82) is 0 Å². The SMILES string of the molecule is CCOc1ccc(C2CCCN2C(=O)Nc2ccccc2CC(N)=O)cc1. The van der Waals surface area contributed by atoms with Crippen molar-refractivity contribution in [2.45, 2.75) is 32.2 Å². The number of ether oxygens (including phenoxy) is 1. The lowest BCUT2D eigenvalue weighted by Gasteiger charge is -2.26. The molecule has 1 fully saturated rings. The van der Waals surface area contributed by atoms with Crippen LogP contribution in [0.4, 0.5) is 10.5 Å². The third-order valence-electron chi connectivity index (χ3n) is 4.71. The van der Waals surface area contributed by atoms with Crippen molar-refractivity contribution < 1.29 is 14.3 Å². The van der Waals surface area contributed by atoms with E-state index in [-0.39, 0.29) is 18.5 Å². The second kappa shape index (κ2) is 8.58. The summed E-state index contributed by atoms with van der Waals surface area (Å²) < 4.78 is 5.49. The summed E-state index contributed by atoms with van der Waals surface area (Å²) in [7, 11) is 0. The van der Waals surface area contributed by atoms with Gasteiger partial charge in [-0.1, -0.05) is 30.3 Å². The van der Waals surface area contributed by atoms with E-state index in [4.69, 9.17) is 10.5 Å². The predicted octanol–water partition coefficient (Wildman–Crippen LogP) is 3.48. The van der Waals surface area contributed by atoms with Crippen LogP contribution >= 0.6 is 0 Å². The van der Waals surface area contributed by atoms with Gasteiger partial charge in [-0.3, -0.25) is 4.79 Å². The molecule has 3 amide bonds. The van der Waals surface area contributed by atoms with Crippen LogP contribution in [0.5, 0.6) is 5.75 Å². The predicted molar refractivity (Wildman–Crippen MR) is 105 cm³/mol. The largest absolute Gasteiger partial charge is 0.494 e. The molecule has 0 aliphatic carbocycles. The number of anilines is 1. The van der Waals surface area contributed by atoms with Crippen LogP contribution in [0.2, 0.25) is 0 Å². The van der Waals surface area contributed by atoms with Crippen molar-refractivity contribution in [2.24, 2.45) is 5.73 Å². The molecule has 0 bridgehead atoms. The zero-order chi connectivity index (χ0) is 19.2. The van der Waals surface area contributed by atoms with E-state index in [2.05, 4.69) is 5.32 Å². The fourth-order valence-electron chi connectivity index (χ4n) is 3.48. The summed E-state index contributed by atoms with van der Waals surface area (Å²) in [6.07, 6.45) is 1.97. The number of hydrogen-bond acceptors (Lipinski definition) is 3. The molecule has 6 nitrogen and oxygen atoms in total. The Bertz CT molecular complexity index is 805. The number of carbonyl (C=O) groups is 2. The van der Waals surface area contributed by atoms with Gasteiger partial charge in [0.1, 0.15) is 5.75 Å². The molecule has 6 heteroatoms. The van der Waals surface area contributed by atoms with Gasteiger partial charge in [-0.15, -0.1) is 0 Å². The Morgan fingerprint density at radius 3 is 2.63 bits per heavy atom. The Morgan fingerprint density at radius 1 is 1.19 bits per heavy atom. The summed E-state index contributed by atoms with van der Waals surface area (Å²) in [4.78, 5) is 26.0. The molecule has 1 saturated heterocycles. The number of nitrogens with one attached hydrogen (secondary N) is 1. The topological polar surface area (TPSA) is 84.7 Å². The van der Waals surface area contributed by atoms with E-state index < -0.39 is 5.91 Å². The van der Waals surface area contributed by atoms with E-state index >= 15 is 0 Å². The molecule has 0 saturated carbocycles. The molecule has 2 aromatic carbocycles. The summed E-state index contributed by atoms with van der Waals surface area (Å²) in [6, 6.07) is 15.0. The Morgan fingerprint density at radius 2 is 1.93 bits per heavy atom. The maximum Gasteiger partial charge on any atom is 0.322 e. The number of nitrogens with zero attached hydrogens (tertiary/aromatic N) is 1. The third-order valence-corrected chi connectivity index (χ3v) is 4.71. The number of rotatable bonds is 6. The zero-order valence-electron chi connectivity index (χ0n) is 15.5. The standard InChI is InChI=1S/C21H25N3O3/c1-2-27-17-11-9-15(10-12-17)19-8-5-13-24(19)21(26)23-18-7-4-3-6-16(18)14-20(22)25/h3-4,6-7,9-12,19H,2,5,8,13-14H2,1H3,(H2,22,25)(H,23,26). The van der Waals surface area contributed by atoms with Crippen LogP contribution < -0.4 is 15.8 Å². The highest BCUT2D eigenvalue weighted by Crippen LogP contribution is 2.33. The molecule has 1 atom stereocenters. The molecule has 1 aliphatic heterocycles. The highest BCUT2D eigenvalue weighted by molar-refractivity contribution is 5.91. The first-order chi connectivity index (χ1) is 13.1. The number of para-hydroxylation sites is 1. The quantitative estimate of drug-likeness (QED) is 0.820. The van der Waals surface area contributed by atoms with Crippen LogP contribution in [0.15, 0.2) is 48.5 Å². The summed E-state index contributed by atoms with van der Waals surface area (Å²) in [5.74, 6) is 0.403. The molecule has 0 spiro atoms. The minimum absolute atomic E-state index is 0.0315. The molecular formula is C21H25N3O3. The van der Waals surface area contributed by atoms with Crippen LogP contribution in [-0.4, -0.2) is 30.0 Å². The van der Waals surface area contributed by atoms with Crippen molar-refractivity contribution >= 4 is 17.6 Å². The van der Waals surface area contributed by atoms with E-state index in [1.54, 1.807) is 12.1 Å². The molecule has 2 aromatic rings. The number of nitrogens with two attached hydrogens (primary N) is 1. The molecule has 1 unspecified atom stereocenters. The van der Waals surface area contributed by atoms with E-state index in [0.717, 1.165) is 29.7 Å². The Labute approximate surface area is 159 Å². The Hall–Kier alpha value is -3.02. The minimum Gasteiger partial charge on any atom is -0.494 e. The number of amides is 3. The lowest BCUT2D eigenvalue weighted by atomic mass is 10.0. The highest BCUT2D eigenvalue weighted by Gasteiger charge is 2.30. The van der Waals surface area contributed by atoms with Crippen molar-refractivity contribution in [1.82, 2.24) is 4.90 Å². The van der Waals surface area contributed by atoms with Crippen molar-refractivity contribution in [3.63, 3.8) is 0 Å². The van der Waals surface area contributed by atoms with Crippen LogP contribution in [0, 0.1) is 0 Å². The Kier molecular flexibility index (Phi) is 5.96. The average Bonchev–Trinajstić information content (AvgIpc) is 3.14. The number of primary amides is 1. The number of benzene rings is 2. The zero-order valence-corrected chi connectivity index (χ0v) is 15.5. The molecule has 1 aliphatic rings. The fraction of sp³-hybridized carbons (Fsp3) is 0.333. The van der Waals surface area contributed by atoms with Crippen molar-refractivity contribution in [2.75, 3.05) is 18.5 Å².